The second-order valence-corrected chi connectivity index (χ2v) is 5.98. The number of amides is 1. The third kappa shape index (κ3) is 3.67. The van der Waals surface area contributed by atoms with E-state index in [9.17, 15) is 4.79 Å². The quantitative estimate of drug-likeness (QED) is 0.786. The minimum absolute atomic E-state index is 0.0438. The fraction of sp³-hybridized carbons (Fsp3) is 0.917. The van der Waals surface area contributed by atoms with Crippen LogP contribution in [-0.4, -0.2) is 36.5 Å². The lowest BCUT2D eigenvalue weighted by Crippen LogP contribution is -2.49. The van der Waals surface area contributed by atoms with E-state index in [0.29, 0.717) is 0 Å². The predicted octanol–water partition coefficient (Wildman–Crippen LogP) is 1.39. The smallest absolute Gasteiger partial charge is 0.238 e. The molecular weight excluding hydrogens is 220 g/mol. The Bertz CT molecular complexity index is 223. The number of hydrogen-bond donors (Lipinski definition) is 2. The molecule has 1 aliphatic carbocycles. The Morgan fingerprint density at radius 3 is 2.81 bits per heavy atom. The zero-order valence-corrected chi connectivity index (χ0v) is 10.7. The lowest BCUT2D eigenvalue weighted by molar-refractivity contribution is -0.122. The maximum Gasteiger partial charge on any atom is 0.238 e. The highest BCUT2D eigenvalue weighted by atomic mass is 32.2. The van der Waals surface area contributed by atoms with Crippen LogP contribution >= 0.6 is 11.8 Å². The molecule has 1 unspecified atom stereocenters. The Morgan fingerprint density at radius 1 is 1.31 bits per heavy atom. The van der Waals surface area contributed by atoms with E-state index in [2.05, 4.69) is 10.6 Å². The molecule has 2 N–H and O–H groups in total. The molecule has 2 aliphatic rings. The molecule has 0 bridgehead atoms. The van der Waals surface area contributed by atoms with Crippen LogP contribution in [0.1, 0.15) is 32.1 Å². The van der Waals surface area contributed by atoms with Gasteiger partial charge in [0, 0.05) is 24.6 Å². The van der Waals surface area contributed by atoms with Crippen molar-refractivity contribution in [1.82, 2.24) is 10.6 Å². The van der Waals surface area contributed by atoms with Crippen molar-refractivity contribution in [1.29, 1.82) is 0 Å². The van der Waals surface area contributed by atoms with Crippen LogP contribution in [0.5, 0.6) is 0 Å². The van der Waals surface area contributed by atoms with Gasteiger partial charge in [-0.25, -0.2) is 0 Å². The molecule has 0 radical (unpaired) electrons. The summed E-state index contributed by atoms with van der Waals surface area (Å²) in [6, 6.07) is 0.0438. The van der Waals surface area contributed by atoms with Crippen LogP contribution < -0.4 is 10.6 Å². The molecule has 4 heteroatoms. The average Bonchev–Trinajstić information content (AvgIpc) is 2.38. The Balaban J connectivity index is 1.65. The van der Waals surface area contributed by atoms with Crippen molar-refractivity contribution in [3.8, 4) is 0 Å². The highest BCUT2D eigenvalue weighted by molar-refractivity contribution is 7.99. The van der Waals surface area contributed by atoms with Crippen LogP contribution in [0, 0.1) is 5.92 Å². The molecule has 2 rings (SSSR count). The summed E-state index contributed by atoms with van der Waals surface area (Å²) in [5.41, 5.74) is 0. The molecule has 3 nitrogen and oxygen atoms in total. The van der Waals surface area contributed by atoms with Gasteiger partial charge in [0.25, 0.3) is 0 Å². The van der Waals surface area contributed by atoms with Gasteiger partial charge in [-0.3, -0.25) is 4.79 Å². The van der Waals surface area contributed by atoms with Gasteiger partial charge in [-0.1, -0.05) is 19.3 Å². The average molecular weight is 242 g/mol. The zero-order valence-electron chi connectivity index (χ0n) is 9.84. The number of hydrogen-bond acceptors (Lipinski definition) is 3. The van der Waals surface area contributed by atoms with Gasteiger partial charge in [0.2, 0.25) is 5.91 Å². The fourth-order valence-electron chi connectivity index (χ4n) is 2.49. The summed E-state index contributed by atoms with van der Waals surface area (Å²) in [5.74, 6) is 3.00. The molecule has 0 aromatic carbocycles. The van der Waals surface area contributed by atoms with Crippen molar-refractivity contribution in [3.05, 3.63) is 0 Å². The lowest BCUT2D eigenvalue weighted by Gasteiger charge is -2.25. The third-order valence-corrected chi connectivity index (χ3v) is 4.59. The van der Waals surface area contributed by atoms with Crippen molar-refractivity contribution in [2.45, 2.75) is 38.1 Å². The summed E-state index contributed by atoms with van der Waals surface area (Å²) in [4.78, 5) is 11.9. The van der Waals surface area contributed by atoms with Crippen molar-refractivity contribution in [2.75, 3.05) is 24.6 Å². The summed E-state index contributed by atoms with van der Waals surface area (Å²) in [5, 5.41) is 6.38. The Morgan fingerprint density at radius 2 is 2.12 bits per heavy atom. The van der Waals surface area contributed by atoms with Crippen LogP contribution in [0.4, 0.5) is 0 Å². The van der Waals surface area contributed by atoms with E-state index >= 15 is 0 Å². The maximum atomic E-state index is 11.9. The van der Waals surface area contributed by atoms with Gasteiger partial charge < -0.3 is 10.6 Å². The molecular formula is C12H22N2OS. The van der Waals surface area contributed by atoms with Gasteiger partial charge >= 0.3 is 0 Å². The zero-order chi connectivity index (χ0) is 11.2. The van der Waals surface area contributed by atoms with Crippen LogP contribution in [0.3, 0.4) is 0 Å². The summed E-state index contributed by atoms with van der Waals surface area (Å²) >= 11 is 1.87. The summed E-state index contributed by atoms with van der Waals surface area (Å²) in [6.07, 6.45) is 6.67. The van der Waals surface area contributed by atoms with E-state index < -0.39 is 0 Å². The molecule has 1 heterocycles. The largest absolute Gasteiger partial charge is 0.354 e. The fourth-order valence-corrected chi connectivity index (χ4v) is 3.43. The first kappa shape index (κ1) is 12.2. The monoisotopic (exact) mass is 242 g/mol. The molecule has 0 aromatic heterocycles. The topological polar surface area (TPSA) is 41.1 Å². The van der Waals surface area contributed by atoms with E-state index in [0.717, 1.165) is 30.5 Å². The summed E-state index contributed by atoms with van der Waals surface area (Å²) < 4.78 is 0. The number of carbonyl (C=O) groups is 1. The molecule has 1 saturated carbocycles. The molecule has 16 heavy (non-hydrogen) atoms. The van der Waals surface area contributed by atoms with E-state index in [-0.39, 0.29) is 11.9 Å². The van der Waals surface area contributed by atoms with Gasteiger partial charge in [-0.2, -0.15) is 11.8 Å². The van der Waals surface area contributed by atoms with Crippen LogP contribution in [0.2, 0.25) is 0 Å². The molecule has 2 fully saturated rings. The van der Waals surface area contributed by atoms with Gasteiger partial charge in [0.05, 0.1) is 6.04 Å². The number of rotatable bonds is 3. The van der Waals surface area contributed by atoms with Crippen molar-refractivity contribution in [2.24, 2.45) is 5.92 Å². The molecule has 0 aromatic rings. The number of nitrogens with one attached hydrogen (secondary N) is 2. The Labute approximate surface area is 102 Å². The number of carbonyl (C=O) groups excluding carboxylic acids is 1. The van der Waals surface area contributed by atoms with Crippen LogP contribution in [0.15, 0.2) is 0 Å². The highest BCUT2D eigenvalue weighted by Crippen LogP contribution is 2.22. The summed E-state index contributed by atoms with van der Waals surface area (Å²) in [7, 11) is 0. The SMILES string of the molecule is O=C(NCC1CCCCC1)C1CSCCN1. The first-order valence-corrected chi connectivity index (χ1v) is 7.60. The van der Waals surface area contributed by atoms with Gasteiger partial charge in [-0.05, 0) is 18.8 Å². The first-order valence-electron chi connectivity index (χ1n) is 6.45. The van der Waals surface area contributed by atoms with E-state index in [1.807, 2.05) is 11.8 Å². The Hall–Kier alpha value is -0.220. The van der Waals surface area contributed by atoms with Crippen LogP contribution in [-0.2, 0) is 4.79 Å². The third-order valence-electron chi connectivity index (χ3n) is 3.53. The maximum absolute atomic E-state index is 11.9. The Kier molecular flexibility index (Phi) is 4.97. The molecule has 1 saturated heterocycles. The minimum atomic E-state index is 0.0438. The lowest BCUT2D eigenvalue weighted by atomic mass is 9.89. The van der Waals surface area contributed by atoms with E-state index in [1.165, 1.54) is 32.1 Å². The molecule has 1 amide bonds. The first-order chi connectivity index (χ1) is 7.86. The van der Waals surface area contributed by atoms with Gasteiger partial charge in [-0.15, -0.1) is 0 Å². The minimum Gasteiger partial charge on any atom is -0.354 e. The van der Waals surface area contributed by atoms with Crippen molar-refractivity contribution < 1.29 is 4.79 Å². The standard InChI is InChI=1S/C12H22N2OS/c15-12(11-9-16-7-6-13-11)14-8-10-4-2-1-3-5-10/h10-11,13H,1-9H2,(H,14,15). The van der Waals surface area contributed by atoms with Gasteiger partial charge in [0.1, 0.15) is 0 Å². The predicted molar refractivity (Wildman–Crippen MR) is 68.7 cm³/mol. The highest BCUT2D eigenvalue weighted by Gasteiger charge is 2.21. The van der Waals surface area contributed by atoms with Gasteiger partial charge in [0.15, 0.2) is 0 Å². The van der Waals surface area contributed by atoms with E-state index in [4.69, 9.17) is 0 Å². The summed E-state index contributed by atoms with van der Waals surface area (Å²) in [6.45, 7) is 1.86. The number of thioether (sulfide) groups is 1. The van der Waals surface area contributed by atoms with E-state index in [1.54, 1.807) is 0 Å². The molecule has 1 aliphatic heterocycles. The molecule has 0 spiro atoms. The van der Waals surface area contributed by atoms with Crippen molar-refractivity contribution in [3.63, 3.8) is 0 Å². The normalized spacial score (nSPS) is 27.6. The second-order valence-electron chi connectivity index (χ2n) is 4.83. The van der Waals surface area contributed by atoms with Crippen molar-refractivity contribution >= 4 is 17.7 Å². The second kappa shape index (κ2) is 6.50. The molecule has 92 valence electrons. The molecule has 1 atom stereocenters. The van der Waals surface area contributed by atoms with Crippen LogP contribution in [0.25, 0.3) is 0 Å².